The minimum absolute atomic E-state index is 0.0559. The van der Waals surface area contributed by atoms with Gasteiger partial charge in [-0.3, -0.25) is 9.63 Å². The molecule has 9 heteroatoms. The van der Waals surface area contributed by atoms with E-state index in [1.165, 1.54) is 26.4 Å². The number of nitrogens with two attached hydrogens (primary N) is 1. The molecular weight excluding hydrogens is 288 g/mol. The Balaban J connectivity index is 3.08. The average Bonchev–Trinajstić information content (AvgIpc) is 2.37. The first-order valence-corrected chi connectivity index (χ1v) is 6.94. The largest absolute Gasteiger partial charge is 0.493 e. The van der Waals surface area contributed by atoms with Crippen molar-refractivity contribution in [1.29, 1.82) is 0 Å². The molecule has 0 saturated heterocycles. The molecule has 0 radical (unpaired) electrons. The molecule has 1 aromatic carbocycles. The van der Waals surface area contributed by atoms with E-state index in [-0.39, 0.29) is 10.6 Å². The van der Waals surface area contributed by atoms with E-state index in [2.05, 4.69) is 4.84 Å². The van der Waals surface area contributed by atoms with E-state index in [0.29, 0.717) is 11.3 Å². The molecule has 112 valence electrons. The van der Waals surface area contributed by atoms with Gasteiger partial charge >= 0.3 is 0 Å². The smallest absolute Gasteiger partial charge is 0.262 e. The number of primary amides is 1. The molecule has 3 N–H and O–H groups in total. The van der Waals surface area contributed by atoms with Gasteiger partial charge in [-0.2, -0.15) is 0 Å². The number of sulfonamides is 1. The molecule has 0 aliphatic carbocycles. The number of rotatable bonds is 7. The highest BCUT2D eigenvalue weighted by atomic mass is 32.2. The van der Waals surface area contributed by atoms with Gasteiger partial charge < -0.3 is 15.2 Å². The van der Waals surface area contributed by atoms with Crippen molar-refractivity contribution in [1.82, 2.24) is 4.89 Å². The molecule has 1 amide bonds. The Hall–Kier alpha value is -1.84. The summed E-state index contributed by atoms with van der Waals surface area (Å²) in [6.07, 6.45) is 0. The maximum absolute atomic E-state index is 12.0. The second-order valence-corrected chi connectivity index (χ2v) is 5.43. The molecule has 0 unspecified atom stereocenters. The van der Waals surface area contributed by atoms with Crippen LogP contribution in [0.25, 0.3) is 0 Å². The lowest BCUT2D eigenvalue weighted by molar-refractivity contribution is -0.123. The average molecular weight is 304 g/mol. The van der Waals surface area contributed by atoms with Gasteiger partial charge in [0.05, 0.1) is 19.1 Å². The molecule has 0 aromatic heterocycles. The van der Waals surface area contributed by atoms with E-state index < -0.39 is 22.5 Å². The van der Waals surface area contributed by atoms with E-state index in [0.717, 1.165) is 0 Å². The second kappa shape index (κ2) is 6.55. The molecule has 0 aliphatic rings. The number of amides is 1. The van der Waals surface area contributed by atoms with Gasteiger partial charge in [0.15, 0.2) is 11.5 Å². The Morgan fingerprint density at radius 3 is 2.30 bits per heavy atom. The van der Waals surface area contributed by atoms with Gasteiger partial charge in [-0.15, -0.1) is 0 Å². The van der Waals surface area contributed by atoms with Crippen molar-refractivity contribution >= 4 is 15.9 Å². The standard InChI is InChI=1S/C11H16N2O6S/c1-7-4-8(17-2)9(18-3)5-10(7)20(15,16)13-19-6-11(12)14/h4-5,13H,6H2,1-3H3,(H2,12,14). The van der Waals surface area contributed by atoms with E-state index in [1.807, 2.05) is 4.89 Å². The van der Waals surface area contributed by atoms with Crippen molar-refractivity contribution in [2.24, 2.45) is 5.73 Å². The zero-order chi connectivity index (χ0) is 15.3. The van der Waals surface area contributed by atoms with Crippen molar-refractivity contribution in [3.8, 4) is 11.5 Å². The molecular formula is C11H16N2O6S. The van der Waals surface area contributed by atoms with E-state index in [1.54, 1.807) is 6.92 Å². The van der Waals surface area contributed by atoms with E-state index in [4.69, 9.17) is 15.2 Å². The summed E-state index contributed by atoms with van der Waals surface area (Å²) in [4.78, 5) is 16.8. The fourth-order valence-corrected chi connectivity index (χ4v) is 2.52. The first kappa shape index (κ1) is 16.2. The lowest BCUT2D eigenvalue weighted by Crippen LogP contribution is -2.29. The fourth-order valence-electron chi connectivity index (χ4n) is 1.47. The number of hydrogen-bond acceptors (Lipinski definition) is 6. The van der Waals surface area contributed by atoms with E-state index in [9.17, 15) is 13.2 Å². The molecule has 0 aliphatic heterocycles. The first-order chi connectivity index (χ1) is 9.31. The third-order valence-electron chi connectivity index (χ3n) is 2.35. The highest BCUT2D eigenvalue weighted by Gasteiger charge is 2.20. The minimum Gasteiger partial charge on any atom is -0.493 e. The molecule has 0 spiro atoms. The third-order valence-corrected chi connectivity index (χ3v) is 3.71. The SMILES string of the molecule is COc1cc(C)c(S(=O)(=O)NOCC(N)=O)cc1OC. The number of benzene rings is 1. The second-order valence-electron chi connectivity index (χ2n) is 3.81. The van der Waals surface area contributed by atoms with Crippen LogP contribution >= 0.6 is 0 Å². The number of aryl methyl sites for hydroxylation is 1. The lowest BCUT2D eigenvalue weighted by atomic mass is 10.2. The topological polar surface area (TPSA) is 117 Å². The van der Waals surface area contributed by atoms with Gasteiger partial charge in [0, 0.05) is 6.07 Å². The summed E-state index contributed by atoms with van der Waals surface area (Å²) in [5.41, 5.74) is 5.27. The van der Waals surface area contributed by atoms with Gasteiger partial charge in [0.2, 0.25) is 5.91 Å². The highest BCUT2D eigenvalue weighted by Crippen LogP contribution is 2.32. The van der Waals surface area contributed by atoms with Crippen LogP contribution in [0, 0.1) is 6.92 Å². The Bertz CT molecular complexity index is 599. The molecule has 0 atom stereocenters. The van der Waals surface area contributed by atoms with Crippen LogP contribution < -0.4 is 20.1 Å². The van der Waals surface area contributed by atoms with Crippen LogP contribution in [0.1, 0.15) is 5.56 Å². The van der Waals surface area contributed by atoms with Crippen molar-refractivity contribution in [2.75, 3.05) is 20.8 Å². The van der Waals surface area contributed by atoms with Crippen LogP contribution in [-0.2, 0) is 19.7 Å². The van der Waals surface area contributed by atoms with Crippen molar-refractivity contribution in [3.63, 3.8) is 0 Å². The number of ether oxygens (including phenoxy) is 2. The predicted molar refractivity (Wildman–Crippen MR) is 69.8 cm³/mol. The van der Waals surface area contributed by atoms with Crippen LogP contribution in [0.15, 0.2) is 17.0 Å². The van der Waals surface area contributed by atoms with Crippen LogP contribution in [0.5, 0.6) is 11.5 Å². The molecule has 0 saturated carbocycles. The molecule has 8 nitrogen and oxygen atoms in total. The Labute approximate surface area is 116 Å². The predicted octanol–water partition coefficient (Wildman–Crippen LogP) is -0.293. The summed E-state index contributed by atoms with van der Waals surface area (Å²) in [5, 5.41) is 0. The first-order valence-electron chi connectivity index (χ1n) is 5.46. The summed E-state index contributed by atoms with van der Waals surface area (Å²) in [7, 11) is -1.13. The van der Waals surface area contributed by atoms with Gasteiger partial charge in [-0.05, 0) is 18.6 Å². The Morgan fingerprint density at radius 1 is 1.25 bits per heavy atom. The Morgan fingerprint density at radius 2 is 1.80 bits per heavy atom. The molecule has 0 fully saturated rings. The summed E-state index contributed by atoms with van der Waals surface area (Å²) in [6.45, 7) is 1.02. The van der Waals surface area contributed by atoms with Crippen molar-refractivity contribution in [2.45, 2.75) is 11.8 Å². The molecule has 0 bridgehead atoms. The van der Waals surface area contributed by atoms with Crippen LogP contribution in [0.2, 0.25) is 0 Å². The maximum Gasteiger partial charge on any atom is 0.262 e. The number of hydrogen-bond donors (Lipinski definition) is 2. The lowest BCUT2D eigenvalue weighted by Gasteiger charge is -2.13. The fraction of sp³-hybridized carbons (Fsp3) is 0.364. The molecule has 0 heterocycles. The molecule has 1 aromatic rings. The zero-order valence-corrected chi connectivity index (χ0v) is 12.1. The minimum atomic E-state index is -3.96. The van der Waals surface area contributed by atoms with Gasteiger partial charge in [0.1, 0.15) is 6.61 Å². The van der Waals surface area contributed by atoms with Crippen molar-refractivity contribution in [3.05, 3.63) is 17.7 Å². The summed E-state index contributed by atoms with van der Waals surface area (Å²) in [5.74, 6) is -0.132. The zero-order valence-electron chi connectivity index (χ0n) is 11.3. The van der Waals surface area contributed by atoms with Gasteiger partial charge in [-0.1, -0.05) is 4.89 Å². The maximum atomic E-state index is 12.0. The van der Waals surface area contributed by atoms with Crippen LogP contribution in [0.3, 0.4) is 0 Å². The number of methoxy groups -OCH3 is 2. The van der Waals surface area contributed by atoms with Crippen molar-refractivity contribution < 1.29 is 27.5 Å². The molecule has 20 heavy (non-hydrogen) atoms. The van der Waals surface area contributed by atoms with Gasteiger partial charge in [0.25, 0.3) is 10.0 Å². The monoisotopic (exact) mass is 304 g/mol. The normalized spacial score (nSPS) is 11.2. The van der Waals surface area contributed by atoms with Gasteiger partial charge in [-0.25, -0.2) is 8.42 Å². The molecule has 1 rings (SSSR count). The van der Waals surface area contributed by atoms with E-state index >= 15 is 0 Å². The number of carbonyl (C=O) groups is 1. The summed E-state index contributed by atoms with van der Waals surface area (Å²) >= 11 is 0. The highest BCUT2D eigenvalue weighted by molar-refractivity contribution is 7.89. The Kier molecular flexibility index (Phi) is 5.31. The third kappa shape index (κ3) is 3.83. The summed E-state index contributed by atoms with van der Waals surface area (Å²) in [6, 6.07) is 2.81. The number of carbonyl (C=O) groups excluding carboxylic acids is 1. The summed E-state index contributed by atoms with van der Waals surface area (Å²) < 4.78 is 34.1. The quantitative estimate of drug-likeness (QED) is 0.668. The van der Waals surface area contributed by atoms with Crippen LogP contribution in [-0.4, -0.2) is 35.2 Å². The number of nitrogens with one attached hydrogen (secondary N) is 1. The van der Waals surface area contributed by atoms with Crippen LogP contribution in [0.4, 0.5) is 0 Å².